The number of anilines is 1. The molecule has 1 aromatic rings. The molecule has 5 heteroatoms. The summed E-state index contributed by atoms with van der Waals surface area (Å²) in [5.41, 5.74) is 8.28. The summed E-state index contributed by atoms with van der Waals surface area (Å²) < 4.78 is 1.97. The van der Waals surface area contributed by atoms with E-state index in [0.29, 0.717) is 6.04 Å². The number of halogens is 2. The van der Waals surface area contributed by atoms with E-state index in [-0.39, 0.29) is 11.6 Å². The summed E-state index contributed by atoms with van der Waals surface area (Å²) in [5, 5.41) is 9.77. The van der Waals surface area contributed by atoms with Gasteiger partial charge >= 0.3 is 0 Å². The van der Waals surface area contributed by atoms with Crippen LogP contribution in [0, 0.1) is 0 Å². The van der Waals surface area contributed by atoms with Gasteiger partial charge in [0.25, 0.3) is 0 Å². The topological polar surface area (TPSA) is 49.5 Å². The number of nitrogens with zero attached hydrogens (tertiary/aromatic N) is 1. The normalized spacial score (nSPS) is 23.0. The van der Waals surface area contributed by atoms with E-state index in [1.54, 1.807) is 0 Å². The fourth-order valence-electron chi connectivity index (χ4n) is 3.24. The van der Waals surface area contributed by atoms with Crippen LogP contribution in [0.5, 0.6) is 0 Å². The summed E-state index contributed by atoms with van der Waals surface area (Å²) in [6.45, 7) is 7.58. The maximum absolute atomic E-state index is 9.77. The molecule has 0 radical (unpaired) electrons. The first-order valence-electron chi connectivity index (χ1n) is 7.86. The molecule has 1 aliphatic rings. The van der Waals surface area contributed by atoms with E-state index in [9.17, 15) is 5.11 Å². The molecule has 3 N–H and O–H groups in total. The molecule has 22 heavy (non-hydrogen) atoms. The highest BCUT2D eigenvalue weighted by atomic mass is 79.9. The van der Waals surface area contributed by atoms with Gasteiger partial charge in [-0.2, -0.15) is 0 Å². The molecule has 1 saturated carbocycles. The molecule has 0 spiro atoms. The second kappa shape index (κ2) is 7.20. The van der Waals surface area contributed by atoms with Gasteiger partial charge in [0.15, 0.2) is 0 Å². The Morgan fingerprint density at radius 3 is 2.32 bits per heavy atom. The minimum absolute atomic E-state index is 0.0637. The van der Waals surface area contributed by atoms with Crippen molar-refractivity contribution in [2.75, 3.05) is 5.73 Å². The van der Waals surface area contributed by atoms with E-state index in [0.717, 1.165) is 52.4 Å². The number of benzene rings is 1. The smallest absolute Gasteiger partial charge is 0.0541 e. The lowest BCUT2D eigenvalue weighted by Crippen LogP contribution is -2.49. The highest BCUT2D eigenvalue weighted by molar-refractivity contribution is 9.11. The second-order valence-corrected chi connectivity index (χ2v) is 8.99. The molecular formula is C17H26Br2N2O. The monoisotopic (exact) mass is 432 g/mol. The average Bonchev–Trinajstić information content (AvgIpc) is 2.41. The van der Waals surface area contributed by atoms with E-state index in [4.69, 9.17) is 5.73 Å². The largest absolute Gasteiger partial charge is 0.398 e. The molecule has 2 rings (SSSR count). The highest BCUT2D eigenvalue weighted by Crippen LogP contribution is 2.34. The van der Waals surface area contributed by atoms with Crippen LogP contribution in [0.25, 0.3) is 0 Å². The fraction of sp³-hybridized carbons (Fsp3) is 0.647. The van der Waals surface area contributed by atoms with E-state index < -0.39 is 0 Å². The lowest BCUT2D eigenvalue weighted by Gasteiger charge is -2.44. The Labute approximate surface area is 150 Å². The first-order valence-corrected chi connectivity index (χ1v) is 9.45. The lowest BCUT2D eigenvalue weighted by atomic mass is 9.88. The second-order valence-electron chi connectivity index (χ2n) is 7.22. The van der Waals surface area contributed by atoms with Gasteiger partial charge in [-0.25, -0.2) is 0 Å². The zero-order valence-corrected chi connectivity index (χ0v) is 16.7. The van der Waals surface area contributed by atoms with Gasteiger partial charge in [0, 0.05) is 27.1 Å². The summed E-state index contributed by atoms with van der Waals surface area (Å²) in [6.07, 6.45) is 3.77. The number of nitrogen functional groups attached to an aromatic ring is 1. The Hall–Kier alpha value is -0.100. The van der Waals surface area contributed by atoms with Gasteiger partial charge in [-0.1, -0.05) is 15.9 Å². The van der Waals surface area contributed by atoms with Gasteiger partial charge < -0.3 is 10.8 Å². The van der Waals surface area contributed by atoms with Crippen molar-refractivity contribution in [1.82, 2.24) is 4.90 Å². The number of nitrogens with two attached hydrogens (primary N) is 1. The molecule has 0 atom stereocenters. The number of aliphatic hydroxyl groups excluding tert-OH is 1. The zero-order chi connectivity index (χ0) is 16.5. The molecule has 1 aliphatic carbocycles. The van der Waals surface area contributed by atoms with Gasteiger partial charge in [-0.3, -0.25) is 4.90 Å². The molecule has 0 amide bonds. The van der Waals surface area contributed by atoms with Crippen molar-refractivity contribution in [3.8, 4) is 0 Å². The van der Waals surface area contributed by atoms with Crippen LogP contribution in [0.1, 0.15) is 52.0 Å². The number of rotatable bonds is 3. The Bertz CT molecular complexity index is 520. The van der Waals surface area contributed by atoms with Gasteiger partial charge in [0.05, 0.1) is 11.8 Å². The van der Waals surface area contributed by atoms with Gasteiger partial charge in [0.1, 0.15) is 0 Å². The minimum atomic E-state index is -0.122. The summed E-state index contributed by atoms with van der Waals surface area (Å²) in [5.74, 6) is 0. The van der Waals surface area contributed by atoms with Crippen molar-refractivity contribution < 1.29 is 5.11 Å². The molecule has 0 bridgehead atoms. The molecule has 1 fully saturated rings. The molecule has 3 nitrogen and oxygen atoms in total. The van der Waals surface area contributed by atoms with Crippen molar-refractivity contribution >= 4 is 37.5 Å². The first-order chi connectivity index (χ1) is 10.2. The van der Waals surface area contributed by atoms with Crippen LogP contribution in [0.2, 0.25) is 0 Å². The molecule has 0 saturated heterocycles. The molecular weight excluding hydrogens is 408 g/mol. The van der Waals surface area contributed by atoms with E-state index in [2.05, 4.69) is 63.6 Å². The van der Waals surface area contributed by atoms with Gasteiger partial charge in [-0.15, -0.1) is 0 Å². The van der Waals surface area contributed by atoms with Gasteiger partial charge in [-0.05, 0) is 80.1 Å². The van der Waals surface area contributed by atoms with Crippen LogP contribution in [0.15, 0.2) is 21.1 Å². The van der Waals surface area contributed by atoms with Crippen LogP contribution < -0.4 is 5.73 Å². The summed E-state index contributed by atoms with van der Waals surface area (Å²) in [6, 6.07) is 4.59. The van der Waals surface area contributed by atoms with E-state index in [1.165, 1.54) is 0 Å². The van der Waals surface area contributed by atoms with Crippen molar-refractivity contribution in [2.24, 2.45) is 0 Å². The molecule has 1 aromatic carbocycles. The van der Waals surface area contributed by atoms with Crippen molar-refractivity contribution in [3.63, 3.8) is 0 Å². The summed E-state index contributed by atoms with van der Waals surface area (Å²) in [4.78, 5) is 2.53. The van der Waals surface area contributed by atoms with Crippen molar-refractivity contribution in [3.05, 3.63) is 26.6 Å². The Morgan fingerprint density at radius 2 is 1.77 bits per heavy atom. The Balaban J connectivity index is 2.24. The molecule has 0 aliphatic heterocycles. The van der Waals surface area contributed by atoms with Crippen LogP contribution >= 0.6 is 31.9 Å². The molecule has 0 unspecified atom stereocenters. The highest BCUT2D eigenvalue weighted by Gasteiger charge is 2.32. The quantitative estimate of drug-likeness (QED) is 0.679. The lowest BCUT2D eigenvalue weighted by molar-refractivity contribution is 0.0209. The van der Waals surface area contributed by atoms with Crippen LogP contribution in [0.3, 0.4) is 0 Å². The third kappa shape index (κ3) is 4.47. The molecule has 124 valence electrons. The van der Waals surface area contributed by atoms with Crippen LogP contribution in [-0.2, 0) is 6.54 Å². The number of hydrogen-bond acceptors (Lipinski definition) is 3. The fourth-order valence-corrected chi connectivity index (χ4v) is 4.55. The van der Waals surface area contributed by atoms with E-state index in [1.807, 2.05) is 6.07 Å². The van der Waals surface area contributed by atoms with Crippen LogP contribution in [0.4, 0.5) is 5.69 Å². The SMILES string of the molecule is CC(C)(C)N(Cc1cc(Br)cc(Br)c1N)C1CCC(O)CC1. The third-order valence-corrected chi connectivity index (χ3v) is 5.60. The van der Waals surface area contributed by atoms with Gasteiger partial charge in [0.2, 0.25) is 0 Å². The third-order valence-electron chi connectivity index (χ3n) is 4.49. The standard InChI is InChI=1S/C17H26Br2N2O/c1-17(2,3)21(13-4-6-14(22)7-5-13)10-11-8-12(18)9-15(19)16(11)20/h8-9,13-14,22H,4-7,10,20H2,1-3H3. The molecule has 0 heterocycles. The minimum Gasteiger partial charge on any atom is -0.398 e. The predicted octanol–water partition coefficient (Wildman–Crippen LogP) is 4.70. The summed E-state index contributed by atoms with van der Waals surface area (Å²) >= 11 is 7.09. The van der Waals surface area contributed by atoms with E-state index >= 15 is 0 Å². The average molecular weight is 434 g/mol. The maximum atomic E-state index is 9.77. The number of hydrogen-bond donors (Lipinski definition) is 2. The zero-order valence-electron chi connectivity index (χ0n) is 13.6. The Kier molecular flexibility index (Phi) is 5.97. The molecule has 0 aromatic heterocycles. The maximum Gasteiger partial charge on any atom is 0.0541 e. The summed E-state index contributed by atoms with van der Waals surface area (Å²) in [7, 11) is 0. The first kappa shape index (κ1) is 18.2. The van der Waals surface area contributed by atoms with Crippen molar-refractivity contribution in [1.29, 1.82) is 0 Å². The van der Waals surface area contributed by atoms with Crippen LogP contribution in [-0.4, -0.2) is 27.7 Å². The predicted molar refractivity (Wildman–Crippen MR) is 99.8 cm³/mol. The van der Waals surface area contributed by atoms with Crippen molar-refractivity contribution in [2.45, 2.75) is 70.7 Å². The Morgan fingerprint density at radius 1 is 1.18 bits per heavy atom. The number of aliphatic hydroxyl groups is 1.